The number of carboxylic acids is 2. The summed E-state index contributed by atoms with van der Waals surface area (Å²) in [5.74, 6) is -2.47. The summed E-state index contributed by atoms with van der Waals surface area (Å²) in [6.07, 6.45) is -0.354. The van der Waals surface area contributed by atoms with Crippen LogP contribution in [0.15, 0.2) is 18.2 Å². The maximum Gasteiger partial charge on any atom is 0.303 e. The molecule has 0 saturated carbocycles. The molecule has 0 fully saturated rings. The minimum atomic E-state index is -0.977. The lowest BCUT2D eigenvalue weighted by Gasteiger charge is -2.27. The smallest absolute Gasteiger partial charge is 0.303 e. The standard InChI is InChI=1S/C19H28O4/c1-18(2,3)14-7-12(8-15(11-14)19(4,5)6)13(9-16(20)21)10-17(22)23/h7-8,11,13H,9-10H2,1-6H3,(H,20,21)(H,22,23). The second kappa shape index (κ2) is 6.73. The molecular formula is C19H28O4. The van der Waals surface area contributed by atoms with Crippen molar-refractivity contribution in [2.75, 3.05) is 0 Å². The van der Waals surface area contributed by atoms with Crippen molar-refractivity contribution >= 4 is 11.9 Å². The Hall–Kier alpha value is -1.84. The molecule has 4 nitrogen and oxygen atoms in total. The van der Waals surface area contributed by atoms with Crippen molar-refractivity contribution in [2.24, 2.45) is 0 Å². The van der Waals surface area contributed by atoms with Gasteiger partial charge in [0.05, 0.1) is 12.8 Å². The van der Waals surface area contributed by atoms with Gasteiger partial charge < -0.3 is 10.2 Å². The zero-order valence-electron chi connectivity index (χ0n) is 14.9. The molecule has 0 heterocycles. The van der Waals surface area contributed by atoms with Gasteiger partial charge in [-0.15, -0.1) is 0 Å². The van der Waals surface area contributed by atoms with Gasteiger partial charge in [-0.25, -0.2) is 0 Å². The minimum absolute atomic E-state index is 0.0903. The van der Waals surface area contributed by atoms with Crippen molar-refractivity contribution in [3.05, 3.63) is 34.9 Å². The molecular weight excluding hydrogens is 292 g/mol. The SMILES string of the molecule is CC(C)(C)c1cc(C(CC(=O)O)CC(=O)O)cc(C(C)(C)C)c1. The molecule has 0 radical (unpaired) electrons. The van der Waals surface area contributed by atoms with Gasteiger partial charge in [0.25, 0.3) is 0 Å². The van der Waals surface area contributed by atoms with E-state index in [1.165, 1.54) is 0 Å². The van der Waals surface area contributed by atoms with Crippen LogP contribution >= 0.6 is 0 Å². The normalized spacial score (nSPS) is 12.5. The Kier molecular flexibility index (Phi) is 5.62. The van der Waals surface area contributed by atoms with Crippen molar-refractivity contribution < 1.29 is 19.8 Å². The molecule has 0 spiro atoms. The van der Waals surface area contributed by atoms with E-state index in [9.17, 15) is 9.59 Å². The Bertz CT molecular complexity index is 540. The highest BCUT2D eigenvalue weighted by atomic mass is 16.4. The van der Waals surface area contributed by atoms with Crippen molar-refractivity contribution in [3.63, 3.8) is 0 Å². The highest BCUT2D eigenvalue weighted by Crippen LogP contribution is 2.34. The molecule has 0 aliphatic heterocycles. The fourth-order valence-corrected chi connectivity index (χ4v) is 2.48. The second-order valence-electron chi connectivity index (χ2n) is 8.24. The first kappa shape index (κ1) is 19.2. The third-order valence-electron chi connectivity index (χ3n) is 4.00. The summed E-state index contributed by atoms with van der Waals surface area (Å²) < 4.78 is 0. The molecule has 0 amide bonds. The molecule has 0 aromatic heterocycles. The number of carbonyl (C=O) groups is 2. The van der Waals surface area contributed by atoms with Crippen LogP contribution in [0.5, 0.6) is 0 Å². The Labute approximate surface area is 138 Å². The second-order valence-corrected chi connectivity index (χ2v) is 8.24. The molecule has 0 saturated heterocycles. The van der Waals surface area contributed by atoms with E-state index in [1.807, 2.05) is 12.1 Å². The first-order chi connectivity index (χ1) is 10.3. The molecule has 1 aromatic rings. The first-order valence-electron chi connectivity index (χ1n) is 7.90. The van der Waals surface area contributed by atoms with Gasteiger partial charge in [0.1, 0.15) is 0 Å². The number of rotatable bonds is 5. The molecule has 128 valence electrons. The monoisotopic (exact) mass is 320 g/mol. The van der Waals surface area contributed by atoms with Crippen LogP contribution in [0.4, 0.5) is 0 Å². The van der Waals surface area contributed by atoms with Crippen LogP contribution in [-0.4, -0.2) is 22.2 Å². The van der Waals surface area contributed by atoms with Crippen LogP contribution in [0.2, 0.25) is 0 Å². The molecule has 0 atom stereocenters. The summed E-state index contributed by atoms with van der Waals surface area (Å²) in [6.45, 7) is 12.6. The first-order valence-corrected chi connectivity index (χ1v) is 7.90. The fraction of sp³-hybridized carbons (Fsp3) is 0.579. The van der Waals surface area contributed by atoms with E-state index in [-0.39, 0.29) is 23.7 Å². The molecule has 0 unspecified atom stereocenters. The van der Waals surface area contributed by atoms with Gasteiger partial charge in [0.15, 0.2) is 0 Å². The summed E-state index contributed by atoms with van der Waals surface area (Å²) in [7, 11) is 0. The predicted molar refractivity (Wildman–Crippen MR) is 91.1 cm³/mol. The average Bonchev–Trinajstić information content (AvgIpc) is 2.34. The van der Waals surface area contributed by atoms with Crippen molar-refractivity contribution in [2.45, 2.75) is 71.1 Å². The van der Waals surface area contributed by atoms with Crippen LogP contribution in [-0.2, 0) is 20.4 Å². The van der Waals surface area contributed by atoms with Crippen molar-refractivity contribution in [1.82, 2.24) is 0 Å². The maximum atomic E-state index is 11.1. The van der Waals surface area contributed by atoms with E-state index >= 15 is 0 Å². The lowest BCUT2D eigenvalue weighted by Crippen LogP contribution is -2.19. The zero-order valence-corrected chi connectivity index (χ0v) is 14.9. The Morgan fingerprint density at radius 3 is 1.43 bits per heavy atom. The van der Waals surface area contributed by atoms with Gasteiger partial charge in [0, 0.05) is 5.92 Å². The predicted octanol–water partition coefficient (Wildman–Crippen LogP) is 4.31. The van der Waals surface area contributed by atoms with Gasteiger partial charge in [0.2, 0.25) is 0 Å². The third kappa shape index (κ3) is 5.70. The molecule has 0 aliphatic rings. The summed E-state index contributed by atoms with van der Waals surface area (Å²) in [5.41, 5.74) is 2.81. The van der Waals surface area contributed by atoms with E-state index in [2.05, 4.69) is 47.6 Å². The topological polar surface area (TPSA) is 74.6 Å². The third-order valence-corrected chi connectivity index (χ3v) is 4.00. The highest BCUT2D eigenvalue weighted by Gasteiger charge is 2.25. The summed E-state index contributed by atoms with van der Waals surface area (Å²) in [5, 5.41) is 18.2. The molecule has 0 bridgehead atoms. The largest absolute Gasteiger partial charge is 0.481 e. The van der Waals surface area contributed by atoms with Gasteiger partial charge in [-0.05, 0) is 27.5 Å². The lowest BCUT2D eigenvalue weighted by atomic mass is 9.77. The zero-order chi connectivity index (χ0) is 18.0. The van der Waals surface area contributed by atoms with Crippen LogP contribution in [0.25, 0.3) is 0 Å². The molecule has 4 heteroatoms. The van der Waals surface area contributed by atoms with Crippen molar-refractivity contribution in [3.8, 4) is 0 Å². The molecule has 1 aromatic carbocycles. The number of aliphatic carboxylic acids is 2. The summed E-state index contributed by atoms with van der Waals surface area (Å²) in [4.78, 5) is 22.3. The molecule has 2 N–H and O–H groups in total. The van der Waals surface area contributed by atoms with Gasteiger partial charge in [-0.2, -0.15) is 0 Å². The van der Waals surface area contributed by atoms with Crippen molar-refractivity contribution in [1.29, 1.82) is 0 Å². The summed E-state index contributed by atoms with van der Waals surface area (Å²) >= 11 is 0. The highest BCUT2D eigenvalue weighted by molar-refractivity contribution is 5.72. The maximum absolute atomic E-state index is 11.1. The number of hydrogen-bond acceptors (Lipinski definition) is 2. The number of hydrogen-bond donors (Lipinski definition) is 2. The van der Waals surface area contributed by atoms with E-state index < -0.39 is 17.9 Å². The molecule has 1 rings (SSSR count). The average molecular weight is 320 g/mol. The van der Waals surface area contributed by atoms with Crippen LogP contribution in [0.3, 0.4) is 0 Å². The fourth-order valence-electron chi connectivity index (χ4n) is 2.48. The van der Waals surface area contributed by atoms with E-state index in [4.69, 9.17) is 10.2 Å². The van der Waals surface area contributed by atoms with E-state index in [0.717, 1.165) is 16.7 Å². The van der Waals surface area contributed by atoms with E-state index in [1.54, 1.807) is 0 Å². The van der Waals surface area contributed by atoms with E-state index in [0.29, 0.717) is 0 Å². The Morgan fingerprint density at radius 1 is 0.826 bits per heavy atom. The van der Waals surface area contributed by atoms with Gasteiger partial charge in [-0.3, -0.25) is 9.59 Å². The molecule has 0 aliphatic carbocycles. The van der Waals surface area contributed by atoms with Gasteiger partial charge in [-0.1, -0.05) is 59.7 Å². The Balaban J connectivity index is 3.46. The number of benzene rings is 1. The Morgan fingerprint density at radius 2 is 1.17 bits per heavy atom. The summed E-state index contributed by atoms with van der Waals surface area (Å²) in [6, 6.07) is 6.07. The van der Waals surface area contributed by atoms with Crippen LogP contribution < -0.4 is 0 Å². The van der Waals surface area contributed by atoms with Gasteiger partial charge >= 0.3 is 11.9 Å². The lowest BCUT2D eigenvalue weighted by molar-refractivity contribution is -0.139. The van der Waals surface area contributed by atoms with Crippen LogP contribution in [0.1, 0.15) is 77.0 Å². The quantitative estimate of drug-likeness (QED) is 0.847. The molecule has 23 heavy (non-hydrogen) atoms. The van der Waals surface area contributed by atoms with Crippen LogP contribution in [0, 0.1) is 0 Å². The number of carboxylic acid groups (broad SMARTS) is 2. The minimum Gasteiger partial charge on any atom is -0.481 e.